The van der Waals surface area contributed by atoms with Crippen LogP contribution in [0, 0.1) is 0 Å². The van der Waals surface area contributed by atoms with Gasteiger partial charge in [-0.2, -0.15) is 0 Å². The van der Waals surface area contributed by atoms with Gasteiger partial charge >= 0.3 is 6.03 Å². The summed E-state index contributed by atoms with van der Waals surface area (Å²) in [4.78, 5) is 14.8. The van der Waals surface area contributed by atoms with Crippen molar-refractivity contribution >= 4 is 29.3 Å². The van der Waals surface area contributed by atoms with E-state index in [1.807, 2.05) is 0 Å². The van der Waals surface area contributed by atoms with Crippen LogP contribution in [0.5, 0.6) is 5.75 Å². The summed E-state index contributed by atoms with van der Waals surface area (Å²) in [5.41, 5.74) is 5.73. The Balaban J connectivity index is 2.66. The molecule has 1 aromatic rings. The molecule has 0 aromatic heterocycles. The topological polar surface area (TPSA) is 99.7 Å². The smallest absolute Gasteiger partial charge is 0.325 e. The fraction of sp³-hybridized carbons (Fsp3) is 0.111. The zero-order valence-corrected chi connectivity index (χ0v) is 9.25. The van der Waals surface area contributed by atoms with Crippen molar-refractivity contribution in [2.24, 2.45) is 10.7 Å². The number of phenols is 1. The van der Waals surface area contributed by atoms with Gasteiger partial charge in [0.1, 0.15) is 5.75 Å². The van der Waals surface area contributed by atoms with E-state index in [1.54, 1.807) is 0 Å². The van der Waals surface area contributed by atoms with Crippen molar-refractivity contribution in [2.75, 3.05) is 12.4 Å². The van der Waals surface area contributed by atoms with Gasteiger partial charge in [0.25, 0.3) is 0 Å². The lowest BCUT2D eigenvalue weighted by molar-refractivity contribution is 0.256. The molecular formula is C9H11ClN4O2. The van der Waals surface area contributed by atoms with Crippen molar-refractivity contribution in [2.45, 2.75) is 0 Å². The summed E-state index contributed by atoms with van der Waals surface area (Å²) in [7, 11) is 1.45. The number of nitrogens with two attached hydrogens (primary N) is 1. The third-order valence-corrected chi connectivity index (χ3v) is 1.99. The zero-order chi connectivity index (χ0) is 12.1. The van der Waals surface area contributed by atoms with Gasteiger partial charge in [-0.25, -0.2) is 4.79 Å². The van der Waals surface area contributed by atoms with Crippen LogP contribution in [0.1, 0.15) is 0 Å². The molecule has 0 aliphatic rings. The Labute approximate surface area is 97.1 Å². The first kappa shape index (κ1) is 12.1. The fourth-order valence-corrected chi connectivity index (χ4v) is 1.10. The van der Waals surface area contributed by atoms with Crippen molar-refractivity contribution in [3.05, 3.63) is 23.2 Å². The second-order valence-corrected chi connectivity index (χ2v) is 3.26. The molecule has 0 fully saturated rings. The molecule has 7 heteroatoms. The number of phenolic OH excluding ortho intramolecular Hbond substituents is 1. The van der Waals surface area contributed by atoms with Crippen molar-refractivity contribution in [1.29, 1.82) is 0 Å². The van der Waals surface area contributed by atoms with Gasteiger partial charge in [-0.05, 0) is 18.2 Å². The molecule has 5 N–H and O–H groups in total. The summed E-state index contributed by atoms with van der Waals surface area (Å²) < 4.78 is 0. The number of amides is 2. The number of carbonyl (C=O) groups excluding carboxylic acids is 1. The Morgan fingerprint density at radius 1 is 1.56 bits per heavy atom. The minimum absolute atomic E-state index is 0.00220. The van der Waals surface area contributed by atoms with E-state index in [-0.39, 0.29) is 16.7 Å². The lowest BCUT2D eigenvalue weighted by Gasteiger charge is -2.07. The normalized spacial score (nSPS) is 11.0. The van der Waals surface area contributed by atoms with E-state index >= 15 is 0 Å². The number of aromatic hydroxyl groups is 1. The summed E-state index contributed by atoms with van der Waals surface area (Å²) in [6, 6.07) is 3.75. The minimum Gasteiger partial charge on any atom is -0.506 e. The quantitative estimate of drug-likeness (QED) is 0.337. The standard InChI is InChI=1S/C9H11ClN4O2/c1-12-8(11)14-9(16)13-5-2-3-7(15)6(10)4-5/h2-4,15H,1H3,(H4,11,12,13,14,16). The van der Waals surface area contributed by atoms with Crippen LogP contribution in [-0.4, -0.2) is 24.1 Å². The highest BCUT2D eigenvalue weighted by molar-refractivity contribution is 6.32. The molecule has 1 rings (SSSR count). The number of nitrogens with zero attached hydrogens (tertiary/aromatic N) is 1. The maximum Gasteiger partial charge on any atom is 0.325 e. The number of hydrogen-bond acceptors (Lipinski definition) is 3. The monoisotopic (exact) mass is 242 g/mol. The Morgan fingerprint density at radius 3 is 2.81 bits per heavy atom. The second-order valence-electron chi connectivity index (χ2n) is 2.85. The van der Waals surface area contributed by atoms with Crippen LogP contribution in [0.4, 0.5) is 10.5 Å². The number of benzene rings is 1. The van der Waals surface area contributed by atoms with Gasteiger partial charge in [0.05, 0.1) is 5.02 Å². The number of carbonyl (C=O) groups is 1. The predicted molar refractivity (Wildman–Crippen MR) is 62.8 cm³/mol. The van der Waals surface area contributed by atoms with E-state index in [0.29, 0.717) is 5.69 Å². The van der Waals surface area contributed by atoms with Gasteiger partial charge in [-0.15, -0.1) is 0 Å². The molecule has 2 amide bonds. The van der Waals surface area contributed by atoms with Gasteiger partial charge in [-0.1, -0.05) is 11.6 Å². The molecule has 0 spiro atoms. The summed E-state index contributed by atoms with van der Waals surface area (Å²) >= 11 is 5.66. The molecule has 1 aromatic carbocycles. The highest BCUT2D eigenvalue weighted by Crippen LogP contribution is 2.25. The van der Waals surface area contributed by atoms with E-state index in [9.17, 15) is 4.79 Å². The van der Waals surface area contributed by atoms with Crippen LogP contribution in [0.25, 0.3) is 0 Å². The number of aliphatic imine (C=N–C) groups is 1. The van der Waals surface area contributed by atoms with E-state index in [0.717, 1.165) is 0 Å². The summed E-state index contributed by atoms with van der Waals surface area (Å²) in [6.07, 6.45) is 0. The molecule has 0 heterocycles. The largest absolute Gasteiger partial charge is 0.506 e. The van der Waals surface area contributed by atoms with Gasteiger partial charge in [0.2, 0.25) is 0 Å². The first-order valence-electron chi connectivity index (χ1n) is 4.31. The SMILES string of the molecule is CN=C(N)NC(=O)Nc1ccc(O)c(Cl)c1. The molecule has 86 valence electrons. The molecule has 0 radical (unpaired) electrons. The van der Waals surface area contributed by atoms with Gasteiger partial charge in [0, 0.05) is 12.7 Å². The molecule has 16 heavy (non-hydrogen) atoms. The Hall–Kier alpha value is -1.95. The van der Waals surface area contributed by atoms with E-state index in [2.05, 4.69) is 15.6 Å². The molecule has 0 unspecified atom stereocenters. The van der Waals surface area contributed by atoms with Gasteiger partial charge in [0.15, 0.2) is 5.96 Å². The second kappa shape index (κ2) is 5.22. The van der Waals surface area contributed by atoms with Crippen LogP contribution >= 0.6 is 11.6 Å². The highest BCUT2D eigenvalue weighted by atomic mass is 35.5. The number of halogens is 1. The van der Waals surface area contributed by atoms with Gasteiger partial charge in [-0.3, -0.25) is 10.3 Å². The summed E-state index contributed by atoms with van der Waals surface area (Å²) in [6.45, 7) is 0. The number of guanidine groups is 1. The third kappa shape index (κ3) is 3.32. The Bertz CT molecular complexity index is 434. The van der Waals surface area contributed by atoms with Crippen LogP contribution in [-0.2, 0) is 0 Å². The molecule has 0 aliphatic carbocycles. The van der Waals surface area contributed by atoms with Gasteiger partial charge < -0.3 is 16.2 Å². The van der Waals surface area contributed by atoms with Crippen LogP contribution < -0.4 is 16.4 Å². The van der Waals surface area contributed by atoms with Crippen molar-refractivity contribution in [1.82, 2.24) is 5.32 Å². The number of nitrogens with one attached hydrogen (secondary N) is 2. The number of urea groups is 1. The molecule has 0 atom stereocenters. The molecule has 0 saturated carbocycles. The minimum atomic E-state index is -0.537. The zero-order valence-electron chi connectivity index (χ0n) is 8.49. The van der Waals surface area contributed by atoms with Crippen molar-refractivity contribution in [3.63, 3.8) is 0 Å². The van der Waals surface area contributed by atoms with Crippen molar-refractivity contribution < 1.29 is 9.90 Å². The summed E-state index contributed by atoms with van der Waals surface area (Å²) in [5.74, 6) is -0.0513. The lowest BCUT2D eigenvalue weighted by Crippen LogP contribution is -2.39. The number of anilines is 1. The summed E-state index contributed by atoms with van der Waals surface area (Å²) in [5, 5.41) is 14.1. The Morgan fingerprint density at radius 2 is 2.25 bits per heavy atom. The molecule has 0 aliphatic heterocycles. The van der Waals surface area contributed by atoms with Crippen molar-refractivity contribution in [3.8, 4) is 5.75 Å². The lowest BCUT2D eigenvalue weighted by atomic mass is 10.3. The van der Waals surface area contributed by atoms with Crippen LogP contribution in [0.3, 0.4) is 0 Å². The maximum absolute atomic E-state index is 11.3. The number of rotatable bonds is 1. The predicted octanol–water partition coefficient (Wildman–Crippen LogP) is 1.11. The number of hydrogen-bond donors (Lipinski definition) is 4. The van der Waals surface area contributed by atoms with E-state index in [1.165, 1.54) is 25.2 Å². The maximum atomic E-state index is 11.3. The molecule has 0 saturated heterocycles. The average molecular weight is 243 g/mol. The fourth-order valence-electron chi connectivity index (χ4n) is 0.919. The van der Waals surface area contributed by atoms with E-state index < -0.39 is 6.03 Å². The average Bonchev–Trinajstić information content (AvgIpc) is 2.23. The van der Waals surface area contributed by atoms with Crippen LogP contribution in [0.2, 0.25) is 5.02 Å². The molecular weight excluding hydrogens is 232 g/mol. The third-order valence-electron chi connectivity index (χ3n) is 1.69. The Kier molecular flexibility index (Phi) is 3.96. The first-order chi connectivity index (χ1) is 7.52. The van der Waals surface area contributed by atoms with Crippen LogP contribution in [0.15, 0.2) is 23.2 Å². The van der Waals surface area contributed by atoms with E-state index in [4.69, 9.17) is 22.4 Å². The first-order valence-corrected chi connectivity index (χ1v) is 4.69. The molecule has 0 bridgehead atoms. The highest BCUT2D eigenvalue weighted by Gasteiger charge is 2.04. The molecule has 6 nitrogen and oxygen atoms in total.